The molecule has 0 aliphatic rings. The maximum Gasteiger partial charge on any atom is 0.394 e. The Bertz CT molecular complexity index is 424. The molecule has 0 aromatic heterocycles. The van der Waals surface area contributed by atoms with E-state index in [1.165, 1.54) is 0 Å². The van der Waals surface area contributed by atoms with Gasteiger partial charge in [0.05, 0.1) is 0 Å². The first-order chi connectivity index (χ1) is 7.24. The third-order valence-corrected chi connectivity index (χ3v) is 1.55. The van der Waals surface area contributed by atoms with E-state index in [-0.39, 0.29) is 6.61 Å². The van der Waals surface area contributed by atoms with Crippen LogP contribution in [0, 0.1) is 0 Å². The van der Waals surface area contributed by atoms with E-state index in [1.807, 2.05) is 0 Å². The van der Waals surface area contributed by atoms with Gasteiger partial charge in [0.1, 0.15) is 0 Å². The summed E-state index contributed by atoms with van der Waals surface area (Å²) in [5.74, 6) is 0. The molecule has 0 amide bonds. The van der Waals surface area contributed by atoms with Crippen LogP contribution in [-0.4, -0.2) is 29.2 Å². The molecule has 0 saturated heterocycles. The number of rotatable bonds is 2. The molecule has 16 heavy (non-hydrogen) atoms. The second kappa shape index (κ2) is 6.28. The molecule has 0 saturated carbocycles. The molecule has 0 radical (unpaired) electrons. The van der Waals surface area contributed by atoms with Crippen molar-refractivity contribution in [3.63, 3.8) is 0 Å². The van der Waals surface area contributed by atoms with Gasteiger partial charge in [-0.15, -0.1) is 0 Å². The van der Waals surface area contributed by atoms with Gasteiger partial charge in [0.15, 0.2) is 0 Å². The third kappa shape index (κ3) is 8.00. The van der Waals surface area contributed by atoms with Crippen LogP contribution in [0.3, 0.4) is 0 Å². The fourth-order valence-corrected chi connectivity index (χ4v) is 0.963. The Morgan fingerprint density at radius 1 is 1.19 bits per heavy atom. The Balaban J connectivity index is 0.000000385. The minimum absolute atomic E-state index is 0.105. The Morgan fingerprint density at radius 2 is 1.69 bits per heavy atom. The minimum Gasteiger partial charge on any atom is -0.399 e. The molecule has 0 spiro atoms. The van der Waals surface area contributed by atoms with Crippen molar-refractivity contribution in [3.8, 4) is 0 Å². The highest BCUT2D eigenvalue weighted by atomic mass is 32.3. The number of nitrogen functional groups attached to an aromatic ring is 2. The lowest BCUT2D eigenvalue weighted by atomic mass is 10.1. The van der Waals surface area contributed by atoms with Gasteiger partial charge >= 0.3 is 10.4 Å². The van der Waals surface area contributed by atoms with E-state index in [0.717, 1.165) is 5.56 Å². The summed E-state index contributed by atoms with van der Waals surface area (Å²) in [6.45, 7) is 0.105. The normalized spacial score (nSPS) is 10.4. The van der Waals surface area contributed by atoms with Crippen molar-refractivity contribution in [1.82, 2.24) is 0 Å². The molecular formula is C8H14N2O5S. The van der Waals surface area contributed by atoms with Gasteiger partial charge in [0.2, 0.25) is 0 Å². The highest BCUT2D eigenvalue weighted by Gasteiger charge is 1.97. The first-order valence-corrected chi connectivity index (χ1v) is 5.58. The van der Waals surface area contributed by atoms with Gasteiger partial charge in [-0.05, 0) is 30.2 Å². The maximum absolute atomic E-state index is 8.74. The molecule has 0 heterocycles. The van der Waals surface area contributed by atoms with E-state index in [1.54, 1.807) is 18.2 Å². The van der Waals surface area contributed by atoms with E-state index in [9.17, 15) is 0 Å². The average molecular weight is 250 g/mol. The number of aliphatic hydroxyl groups is 1. The lowest BCUT2D eigenvalue weighted by Crippen LogP contribution is -1.98. The molecule has 7 N–H and O–H groups in total. The van der Waals surface area contributed by atoms with Crippen molar-refractivity contribution >= 4 is 21.8 Å². The monoisotopic (exact) mass is 250 g/mol. The first-order valence-electron chi connectivity index (χ1n) is 4.18. The molecule has 0 bridgehead atoms. The number of hydrogen-bond donors (Lipinski definition) is 5. The second-order valence-corrected chi connectivity index (χ2v) is 3.78. The molecule has 1 rings (SSSR count). The van der Waals surface area contributed by atoms with Gasteiger partial charge in [-0.1, -0.05) is 0 Å². The Morgan fingerprint density at radius 3 is 2.12 bits per heavy atom. The summed E-state index contributed by atoms with van der Waals surface area (Å²) in [5.41, 5.74) is 13.4. The third-order valence-electron chi connectivity index (χ3n) is 1.55. The minimum atomic E-state index is -4.67. The Labute approximate surface area is 93.3 Å². The molecule has 8 heteroatoms. The van der Waals surface area contributed by atoms with Crippen LogP contribution in [0.15, 0.2) is 18.2 Å². The summed E-state index contributed by atoms with van der Waals surface area (Å²) in [6.07, 6.45) is 0.566. The Hall–Kier alpha value is -1.35. The van der Waals surface area contributed by atoms with Crippen LogP contribution in [0.2, 0.25) is 0 Å². The van der Waals surface area contributed by atoms with Crippen molar-refractivity contribution < 1.29 is 22.6 Å². The van der Waals surface area contributed by atoms with Crippen molar-refractivity contribution in [3.05, 3.63) is 23.8 Å². The molecule has 0 atom stereocenters. The summed E-state index contributed by atoms with van der Waals surface area (Å²) in [4.78, 5) is 0. The van der Waals surface area contributed by atoms with Crippen LogP contribution in [-0.2, 0) is 16.8 Å². The fourth-order valence-electron chi connectivity index (χ4n) is 0.963. The van der Waals surface area contributed by atoms with Crippen LogP contribution in [0.25, 0.3) is 0 Å². The number of aliphatic hydroxyl groups excluding tert-OH is 1. The molecule has 92 valence electrons. The second-order valence-electron chi connectivity index (χ2n) is 2.88. The quantitative estimate of drug-likeness (QED) is 0.358. The van der Waals surface area contributed by atoms with Crippen LogP contribution in [0.5, 0.6) is 0 Å². The van der Waals surface area contributed by atoms with Crippen molar-refractivity contribution in [1.29, 1.82) is 0 Å². The van der Waals surface area contributed by atoms with Gasteiger partial charge in [0.25, 0.3) is 0 Å². The molecule has 0 aliphatic heterocycles. The van der Waals surface area contributed by atoms with E-state index >= 15 is 0 Å². The number of benzene rings is 1. The lowest BCUT2D eigenvalue weighted by Gasteiger charge is -2.03. The highest BCUT2D eigenvalue weighted by molar-refractivity contribution is 7.79. The van der Waals surface area contributed by atoms with Crippen LogP contribution < -0.4 is 11.5 Å². The van der Waals surface area contributed by atoms with Gasteiger partial charge in [-0.3, -0.25) is 9.11 Å². The topological polar surface area (TPSA) is 147 Å². The summed E-state index contributed by atoms with van der Waals surface area (Å²) >= 11 is 0. The first kappa shape index (κ1) is 14.6. The summed E-state index contributed by atoms with van der Waals surface area (Å²) in [6, 6.07) is 5.28. The summed E-state index contributed by atoms with van der Waals surface area (Å²) in [7, 11) is -4.67. The zero-order valence-electron chi connectivity index (χ0n) is 8.37. The number of anilines is 2. The molecule has 1 aromatic carbocycles. The van der Waals surface area contributed by atoms with E-state index in [2.05, 4.69) is 0 Å². The van der Waals surface area contributed by atoms with Crippen molar-refractivity contribution in [2.75, 3.05) is 18.1 Å². The van der Waals surface area contributed by atoms with Crippen LogP contribution in [0.1, 0.15) is 5.56 Å². The van der Waals surface area contributed by atoms with Crippen LogP contribution in [0.4, 0.5) is 11.4 Å². The average Bonchev–Trinajstić information content (AvgIpc) is 2.09. The molecule has 0 fully saturated rings. The van der Waals surface area contributed by atoms with Gasteiger partial charge in [-0.25, -0.2) is 0 Å². The SMILES string of the molecule is Nc1ccc(N)c(CCO)c1.O=S(=O)(O)O. The standard InChI is InChI=1S/C8H12N2O.H2O4S/c9-7-1-2-8(10)6(5-7)3-4-11;1-5(2,3)4/h1-2,5,11H,3-4,9-10H2;(H2,1,2,3,4). The highest BCUT2D eigenvalue weighted by Crippen LogP contribution is 2.15. The summed E-state index contributed by atoms with van der Waals surface area (Å²) < 4.78 is 31.6. The fraction of sp³-hybridized carbons (Fsp3) is 0.250. The molecular weight excluding hydrogens is 236 g/mol. The maximum atomic E-state index is 8.74. The molecule has 1 aromatic rings. The zero-order valence-corrected chi connectivity index (χ0v) is 9.18. The van der Waals surface area contributed by atoms with Crippen molar-refractivity contribution in [2.45, 2.75) is 6.42 Å². The van der Waals surface area contributed by atoms with Gasteiger partial charge in [-0.2, -0.15) is 8.42 Å². The largest absolute Gasteiger partial charge is 0.399 e. The number of hydrogen-bond acceptors (Lipinski definition) is 5. The smallest absolute Gasteiger partial charge is 0.394 e. The van der Waals surface area contributed by atoms with Crippen LogP contribution >= 0.6 is 0 Å². The lowest BCUT2D eigenvalue weighted by molar-refractivity contribution is 0.300. The van der Waals surface area contributed by atoms with E-state index in [4.69, 9.17) is 34.1 Å². The predicted octanol–water partition coefficient (Wildman–Crippen LogP) is -0.267. The molecule has 0 unspecified atom stereocenters. The van der Waals surface area contributed by atoms with Gasteiger partial charge < -0.3 is 16.6 Å². The zero-order chi connectivity index (χ0) is 12.8. The predicted molar refractivity (Wildman–Crippen MR) is 60.2 cm³/mol. The summed E-state index contributed by atoms with van der Waals surface area (Å²) in [5, 5.41) is 8.64. The number of nitrogens with two attached hydrogens (primary N) is 2. The van der Waals surface area contributed by atoms with E-state index in [0.29, 0.717) is 17.8 Å². The molecule has 0 aliphatic carbocycles. The Kier molecular flexibility index (Phi) is 5.75. The van der Waals surface area contributed by atoms with Gasteiger partial charge in [0, 0.05) is 18.0 Å². The molecule has 7 nitrogen and oxygen atoms in total. The van der Waals surface area contributed by atoms with E-state index < -0.39 is 10.4 Å². The van der Waals surface area contributed by atoms with Crippen molar-refractivity contribution in [2.24, 2.45) is 0 Å².